The minimum atomic E-state index is -4.73. The average Bonchev–Trinajstić information content (AvgIpc) is 2.73. The Labute approximate surface area is 115 Å². The first-order valence-corrected chi connectivity index (χ1v) is 6.01. The molecule has 3 nitrogen and oxygen atoms in total. The van der Waals surface area contributed by atoms with Gasteiger partial charge >= 0.3 is 6.36 Å². The van der Waals surface area contributed by atoms with Gasteiger partial charge in [0, 0.05) is 0 Å². The average molecular weight is 336 g/mol. The quantitative estimate of drug-likeness (QED) is 0.922. The zero-order chi connectivity index (χ0) is 14.0. The van der Waals surface area contributed by atoms with Crippen LogP contribution in [-0.4, -0.2) is 6.36 Å². The molecule has 0 spiro atoms. The fourth-order valence-electron chi connectivity index (χ4n) is 1.56. The molecule has 1 aromatic heterocycles. The fourth-order valence-corrected chi connectivity index (χ4v) is 1.88. The molecule has 0 radical (unpaired) electrons. The highest BCUT2D eigenvalue weighted by molar-refractivity contribution is 9.10. The summed E-state index contributed by atoms with van der Waals surface area (Å²) in [5.41, 5.74) is 6.37. The summed E-state index contributed by atoms with van der Waals surface area (Å²) in [6.07, 6.45) is -4.73. The molecule has 0 aliphatic rings. The van der Waals surface area contributed by atoms with Crippen molar-refractivity contribution < 1.29 is 22.3 Å². The van der Waals surface area contributed by atoms with Crippen LogP contribution < -0.4 is 10.5 Å². The lowest BCUT2D eigenvalue weighted by Gasteiger charge is -2.13. The van der Waals surface area contributed by atoms with E-state index in [1.54, 1.807) is 18.2 Å². The highest BCUT2D eigenvalue weighted by Crippen LogP contribution is 2.28. The van der Waals surface area contributed by atoms with Crippen LogP contribution in [0.4, 0.5) is 13.2 Å². The maximum Gasteiger partial charge on any atom is 0.573 e. The number of furan rings is 1. The van der Waals surface area contributed by atoms with Crippen LogP contribution in [0.1, 0.15) is 17.4 Å². The summed E-state index contributed by atoms with van der Waals surface area (Å²) in [5, 5.41) is 0. The molecule has 19 heavy (non-hydrogen) atoms. The SMILES string of the molecule is NC(c1cccc(OC(F)(F)F)c1)c1ccc(Br)o1. The van der Waals surface area contributed by atoms with Crippen LogP contribution in [0, 0.1) is 0 Å². The lowest BCUT2D eigenvalue weighted by atomic mass is 10.1. The molecule has 0 aliphatic heterocycles. The van der Waals surface area contributed by atoms with Crippen molar-refractivity contribution in [1.29, 1.82) is 0 Å². The van der Waals surface area contributed by atoms with Gasteiger partial charge in [0.05, 0.1) is 6.04 Å². The molecule has 1 aromatic carbocycles. The molecule has 2 aromatic rings. The van der Waals surface area contributed by atoms with E-state index in [0.29, 0.717) is 16.0 Å². The van der Waals surface area contributed by atoms with Gasteiger partial charge in [-0.1, -0.05) is 12.1 Å². The van der Waals surface area contributed by atoms with Gasteiger partial charge in [0.25, 0.3) is 0 Å². The Balaban J connectivity index is 2.23. The maximum atomic E-state index is 12.1. The summed E-state index contributed by atoms with van der Waals surface area (Å²) >= 11 is 3.13. The summed E-state index contributed by atoms with van der Waals surface area (Å²) in [4.78, 5) is 0. The van der Waals surface area contributed by atoms with E-state index >= 15 is 0 Å². The van der Waals surface area contributed by atoms with E-state index in [1.165, 1.54) is 18.2 Å². The van der Waals surface area contributed by atoms with Gasteiger partial charge in [-0.2, -0.15) is 0 Å². The van der Waals surface area contributed by atoms with Crippen LogP contribution in [0.2, 0.25) is 0 Å². The first kappa shape index (κ1) is 14.0. The third-order valence-electron chi connectivity index (χ3n) is 2.35. The first-order chi connectivity index (χ1) is 8.85. The zero-order valence-corrected chi connectivity index (χ0v) is 11.0. The minimum absolute atomic E-state index is 0.314. The van der Waals surface area contributed by atoms with E-state index < -0.39 is 12.4 Å². The van der Waals surface area contributed by atoms with Gasteiger partial charge < -0.3 is 14.9 Å². The van der Waals surface area contributed by atoms with Crippen LogP contribution in [0.25, 0.3) is 0 Å². The highest BCUT2D eigenvalue weighted by Gasteiger charge is 2.31. The lowest BCUT2D eigenvalue weighted by molar-refractivity contribution is -0.274. The van der Waals surface area contributed by atoms with Gasteiger partial charge in [0.1, 0.15) is 11.5 Å². The van der Waals surface area contributed by atoms with Gasteiger partial charge in [0.15, 0.2) is 4.67 Å². The van der Waals surface area contributed by atoms with Gasteiger partial charge in [-0.05, 0) is 45.8 Å². The highest BCUT2D eigenvalue weighted by atomic mass is 79.9. The summed E-state index contributed by atoms with van der Waals surface area (Å²) in [7, 11) is 0. The molecule has 2 rings (SSSR count). The molecule has 0 saturated heterocycles. The Kier molecular flexibility index (Phi) is 3.86. The number of halogens is 4. The summed E-state index contributed by atoms with van der Waals surface area (Å²) in [5.74, 6) is 0.127. The number of nitrogens with two attached hydrogens (primary N) is 1. The first-order valence-electron chi connectivity index (χ1n) is 5.22. The molecule has 0 fully saturated rings. The Hall–Kier alpha value is -1.47. The Bertz CT molecular complexity index is 568. The monoisotopic (exact) mass is 335 g/mol. The van der Waals surface area contributed by atoms with E-state index in [4.69, 9.17) is 10.2 Å². The van der Waals surface area contributed by atoms with Crippen molar-refractivity contribution in [2.45, 2.75) is 12.4 Å². The van der Waals surface area contributed by atoms with Gasteiger partial charge in [0.2, 0.25) is 0 Å². The normalized spacial score (nSPS) is 13.3. The predicted molar refractivity (Wildman–Crippen MR) is 65.6 cm³/mol. The fraction of sp³-hybridized carbons (Fsp3) is 0.167. The van der Waals surface area contributed by atoms with Crippen LogP contribution in [0.5, 0.6) is 5.75 Å². The molecule has 0 amide bonds. The molecule has 2 N–H and O–H groups in total. The van der Waals surface area contributed by atoms with Gasteiger partial charge in [-0.3, -0.25) is 0 Å². The minimum Gasteiger partial charge on any atom is -0.452 e. The van der Waals surface area contributed by atoms with Crippen molar-refractivity contribution in [3.8, 4) is 5.75 Å². The molecule has 102 valence electrons. The topological polar surface area (TPSA) is 48.4 Å². The smallest absolute Gasteiger partial charge is 0.452 e. The van der Waals surface area contributed by atoms with Crippen LogP contribution in [0.3, 0.4) is 0 Å². The largest absolute Gasteiger partial charge is 0.573 e. The molecule has 0 saturated carbocycles. The molecule has 1 atom stereocenters. The number of hydrogen-bond acceptors (Lipinski definition) is 3. The van der Waals surface area contributed by atoms with Crippen molar-refractivity contribution in [3.63, 3.8) is 0 Å². The third kappa shape index (κ3) is 3.74. The Morgan fingerprint density at radius 1 is 1.21 bits per heavy atom. The molecule has 1 unspecified atom stereocenters. The van der Waals surface area contributed by atoms with Crippen molar-refractivity contribution in [2.24, 2.45) is 5.73 Å². The second-order valence-corrected chi connectivity index (χ2v) is 4.52. The second-order valence-electron chi connectivity index (χ2n) is 3.74. The lowest BCUT2D eigenvalue weighted by Crippen LogP contribution is -2.18. The molecule has 0 aliphatic carbocycles. The number of benzene rings is 1. The summed E-state index contributed by atoms with van der Waals surface area (Å²) in [6, 6.07) is 8.12. The third-order valence-corrected chi connectivity index (χ3v) is 2.78. The summed E-state index contributed by atoms with van der Waals surface area (Å²) < 4.78 is 46.0. The Morgan fingerprint density at radius 2 is 1.95 bits per heavy atom. The number of hydrogen-bond donors (Lipinski definition) is 1. The molecule has 1 heterocycles. The van der Waals surface area contributed by atoms with E-state index in [1.807, 2.05) is 0 Å². The van der Waals surface area contributed by atoms with Crippen molar-refractivity contribution in [1.82, 2.24) is 0 Å². The molecular weight excluding hydrogens is 327 g/mol. The van der Waals surface area contributed by atoms with Crippen molar-refractivity contribution >= 4 is 15.9 Å². The Morgan fingerprint density at radius 3 is 2.53 bits per heavy atom. The van der Waals surface area contributed by atoms with E-state index in [2.05, 4.69) is 20.7 Å². The van der Waals surface area contributed by atoms with Gasteiger partial charge in [-0.15, -0.1) is 13.2 Å². The molecule has 7 heteroatoms. The summed E-state index contributed by atoms with van der Waals surface area (Å²) in [6.45, 7) is 0. The van der Waals surface area contributed by atoms with E-state index in [9.17, 15) is 13.2 Å². The van der Waals surface area contributed by atoms with Crippen molar-refractivity contribution in [3.05, 3.63) is 52.4 Å². The van der Waals surface area contributed by atoms with E-state index in [-0.39, 0.29) is 5.75 Å². The molecular formula is C12H9BrF3NO2. The number of rotatable bonds is 3. The van der Waals surface area contributed by atoms with Crippen LogP contribution in [-0.2, 0) is 0 Å². The van der Waals surface area contributed by atoms with Gasteiger partial charge in [-0.25, -0.2) is 0 Å². The zero-order valence-electron chi connectivity index (χ0n) is 9.45. The van der Waals surface area contributed by atoms with E-state index in [0.717, 1.165) is 0 Å². The number of ether oxygens (including phenoxy) is 1. The van der Waals surface area contributed by atoms with Crippen LogP contribution in [0.15, 0.2) is 45.5 Å². The van der Waals surface area contributed by atoms with Crippen LogP contribution >= 0.6 is 15.9 Å². The predicted octanol–water partition coefficient (Wildman–Crippen LogP) is 3.99. The maximum absolute atomic E-state index is 12.1. The molecule has 0 bridgehead atoms. The standard InChI is InChI=1S/C12H9BrF3NO2/c13-10-5-4-9(18-10)11(17)7-2-1-3-8(6-7)19-12(14,15)16/h1-6,11H,17H2. The second kappa shape index (κ2) is 5.26. The number of alkyl halides is 3. The van der Waals surface area contributed by atoms with Crippen molar-refractivity contribution in [2.75, 3.05) is 0 Å².